The number of carbonyl (C=O) groups excluding carboxylic acids is 1. The molecule has 0 radical (unpaired) electrons. The lowest BCUT2D eigenvalue weighted by Gasteiger charge is -2.07. The number of carbonyl (C=O) groups is 1. The third-order valence-electron chi connectivity index (χ3n) is 3.04. The molecule has 1 aromatic carbocycles. The highest BCUT2D eigenvalue weighted by atomic mass is 16.5. The van der Waals surface area contributed by atoms with Crippen LogP contribution in [0.5, 0.6) is 0 Å². The fourth-order valence-corrected chi connectivity index (χ4v) is 1.84. The molecule has 0 spiro atoms. The second kappa shape index (κ2) is 9.32. The molecular formula is C17H20N4O2. The zero-order chi connectivity index (χ0) is 16.3. The number of hydrogen-bond acceptors (Lipinski definition) is 6. The summed E-state index contributed by atoms with van der Waals surface area (Å²) in [5.41, 5.74) is 1.86. The highest BCUT2D eigenvalue weighted by molar-refractivity contribution is 5.86. The number of methoxy groups -OCH3 is 1. The van der Waals surface area contributed by atoms with E-state index in [0.29, 0.717) is 11.5 Å². The quantitative estimate of drug-likeness (QED) is 0.440. The maximum atomic E-state index is 11.0. The SMILES string of the molecule is COC(=O)/C=C/c1cnc(NCCNCc2ccccc2)cn1. The first-order chi connectivity index (χ1) is 11.3. The Labute approximate surface area is 135 Å². The molecule has 23 heavy (non-hydrogen) atoms. The van der Waals surface area contributed by atoms with E-state index in [2.05, 4.69) is 37.5 Å². The number of aromatic nitrogens is 2. The lowest BCUT2D eigenvalue weighted by atomic mass is 10.2. The van der Waals surface area contributed by atoms with Gasteiger partial charge in [-0.05, 0) is 11.6 Å². The fourth-order valence-electron chi connectivity index (χ4n) is 1.84. The molecule has 120 valence electrons. The van der Waals surface area contributed by atoms with Crippen molar-refractivity contribution in [1.29, 1.82) is 0 Å². The first-order valence-electron chi connectivity index (χ1n) is 7.34. The molecule has 0 atom stereocenters. The molecule has 0 aliphatic heterocycles. The van der Waals surface area contributed by atoms with E-state index >= 15 is 0 Å². The first kappa shape index (κ1) is 16.6. The molecule has 0 fully saturated rings. The highest BCUT2D eigenvalue weighted by Gasteiger charge is 1.97. The van der Waals surface area contributed by atoms with Gasteiger partial charge in [-0.15, -0.1) is 0 Å². The molecule has 1 aromatic heterocycles. The van der Waals surface area contributed by atoms with Crippen LogP contribution in [0.3, 0.4) is 0 Å². The number of rotatable bonds is 8. The van der Waals surface area contributed by atoms with E-state index in [9.17, 15) is 4.79 Å². The lowest BCUT2D eigenvalue weighted by Crippen LogP contribution is -2.22. The van der Waals surface area contributed by atoms with Crippen LogP contribution >= 0.6 is 0 Å². The van der Waals surface area contributed by atoms with Crippen LogP contribution in [0.4, 0.5) is 5.82 Å². The van der Waals surface area contributed by atoms with Gasteiger partial charge in [0.1, 0.15) is 5.82 Å². The van der Waals surface area contributed by atoms with Crippen molar-refractivity contribution in [3.05, 3.63) is 60.1 Å². The Bertz CT molecular complexity index is 627. The predicted molar refractivity (Wildman–Crippen MR) is 89.7 cm³/mol. The van der Waals surface area contributed by atoms with Crippen LogP contribution in [0.2, 0.25) is 0 Å². The van der Waals surface area contributed by atoms with Crippen LogP contribution in [0.25, 0.3) is 6.08 Å². The van der Waals surface area contributed by atoms with Crippen molar-refractivity contribution in [3.63, 3.8) is 0 Å². The normalized spacial score (nSPS) is 10.7. The smallest absolute Gasteiger partial charge is 0.330 e. The number of nitrogens with zero attached hydrogens (tertiary/aromatic N) is 2. The molecule has 1 heterocycles. The van der Waals surface area contributed by atoms with Gasteiger partial charge in [0.25, 0.3) is 0 Å². The molecule has 0 saturated carbocycles. The number of nitrogens with one attached hydrogen (secondary N) is 2. The van der Waals surface area contributed by atoms with E-state index < -0.39 is 5.97 Å². The van der Waals surface area contributed by atoms with E-state index in [4.69, 9.17) is 0 Å². The second-order valence-electron chi connectivity index (χ2n) is 4.77. The van der Waals surface area contributed by atoms with Gasteiger partial charge in [-0.1, -0.05) is 30.3 Å². The molecule has 2 N–H and O–H groups in total. The summed E-state index contributed by atoms with van der Waals surface area (Å²) in [6, 6.07) is 10.2. The topological polar surface area (TPSA) is 76.1 Å². The van der Waals surface area contributed by atoms with Gasteiger partial charge in [0, 0.05) is 25.7 Å². The standard InChI is InChI=1S/C17H20N4O2/c1-23-17(22)8-7-15-12-21-16(13-20-15)19-10-9-18-11-14-5-3-2-4-6-14/h2-8,12-13,18H,9-11H2,1H3,(H,19,21)/b8-7+. The van der Waals surface area contributed by atoms with Crippen molar-refractivity contribution in [3.8, 4) is 0 Å². The van der Waals surface area contributed by atoms with Crippen molar-refractivity contribution in [2.75, 3.05) is 25.5 Å². The van der Waals surface area contributed by atoms with Crippen LogP contribution < -0.4 is 10.6 Å². The Kier molecular flexibility index (Phi) is 6.74. The Hall–Kier alpha value is -2.73. The van der Waals surface area contributed by atoms with Crippen LogP contribution in [0.1, 0.15) is 11.3 Å². The van der Waals surface area contributed by atoms with Crippen LogP contribution in [-0.4, -0.2) is 36.1 Å². The average molecular weight is 312 g/mol. The summed E-state index contributed by atoms with van der Waals surface area (Å²) in [5.74, 6) is 0.278. The van der Waals surface area contributed by atoms with Crippen molar-refractivity contribution in [1.82, 2.24) is 15.3 Å². The molecule has 6 nitrogen and oxygen atoms in total. The van der Waals surface area contributed by atoms with Gasteiger partial charge in [0.05, 0.1) is 25.2 Å². The minimum atomic E-state index is -0.418. The number of esters is 1. The van der Waals surface area contributed by atoms with Crippen molar-refractivity contribution < 1.29 is 9.53 Å². The van der Waals surface area contributed by atoms with Gasteiger partial charge in [0.2, 0.25) is 0 Å². The van der Waals surface area contributed by atoms with Crippen LogP contribution in [0, 0.1) is 0 Å². The van der Waals surface area contributed by atoms with Crippen LogP contribution in [0.15, 0.2) is 48.8 Å². The molecular weight excluding hydrogens is 292 g/mol. The molecule has 0 unspecified atom stereocenters. The summed E-state index contributed by atoms with van der Waals surface area (Å²) in [5, 5.41) is 6.53. The maximum Gasteiger partial charge on any atom is 0.330 e. The van der Waals surface area contributed by atoms with E-state index in [1.807, 2.05) is 18.2 Å². The van der Waals surface area contributed by atoms with Gasteiger partial charge >= 0.3 is 5.97 Å². The van der Waals surface area contributed by atoms with E-state index in [1.54, 1.807) is 18.5 Å². The summed E-state index contributed by atoms with van der Waals surface area (Å²) in [6.45, 7) is 2.41. The fraction of sp³-hybridized carbons (Fsp3) is 0.235. The van der Waals surface area contributed by atoms with Gasteiger partial charge in [-0.2, -0.15) is 0 Å². The number of anilines is 1. The molecule has 0 bridgehead atoms. The zero-order valence-electron chi connectivity index (χ0n) is 13.0. The van der Waals surface area contributed by atoms with E-state index in [1.165, 1.54) is 18.7 Å². The molecule has 0 aliphatic carbocycles. The average Bonchev–Trinajstić information content (AvgIpc) is 2.61. The van der Waals surface area contributed by atoms with Gasteiger partial charge in [-0.25, -0.2) is 9.78 Å². The first-order valence-corrected chi connectivity index (χ1v) is 7.34. The van der Waals surface area contributed by atoms with Crippen molar-refractivity contribution in [2.24, 2.45) is 0 Å². The Morgan fingerprint density at radius 3 is 2.70 bits per heavy atom. The molecule has 6 heteroatoms. The maximum absolute atomic E-state index is 11.0. The van der Waals surface area contributed by atoms with Crippen molar-refractivity contribution >= 4 is 17.9 Å². The Morgan fingerprint density at radius 1 is 1.17 bits per heavy atom. The van der Waals surface area contributed by atoms with E-state index in [-0.39, 0.29) is 0 Å². The monoisotopic (exact) mass is 312 g/mol. The summed E-state index contributed by atoms with van der Waals surface area (Å²) < 4.78 is 4.51. The Morgan fingerprint density at radius 2 is 2.00 bits per heavy atom. The molecule has 0 saturated heterocycles. The minimum absolute atomic E-state index is 0.418. The third-order valence-corrected chi connectivity index (χ3v) is 3.04. The molecule has 2 rings (SSSR count). The highest BCUT2D eigenvalue weighted by Crippen LogP contribution is 2.02. The number of hydrogen-bond donors (Lipinski definition) is 2. The predicted octanol–water partition coefficient (Wildman–Crippen LogP) is 1.86. The summed E-state index contributed by atoms with van der Waals surface area (Å²) in [4.78, 5) is 19.4. The summed E-state index contributed by atoms with van der Waals surface area (Å²) in [6.07, 6.45) is 6.10. The molecule has 2 aromatic rings. The third kappa shape index (κ3) is 6.27. The summed E-state index contributed by atoms with van der Waals surface area (Å²) in [7, 11) is 1.33. The zero-order valence-corrected chi connectivity index (χ0v) is 13.0. The van der Waals surface area contributed by atoms with Crippen LogP contribution in [-0.2, 0) is 16.1 Å². The molecule has 0 aliphatic rings. The Balaban J connectivity index is 1.68. The number of ether oxygens (including phenoxy) is 1. The van der Waals surface area contributed by atoms with Gasteiger partial charge in [0.15, 0.2) is 0 Å². The largest absolute Gasteiger partial charge is 0.466 e. The van der Waals surface area contributed by atoms with E-state index in [0.717, 1.165) is 19.6 Å². The molecule has 0 amide bonds. The van der Waals surface area contributed by atoms with Gasteiger partial charge < -0.3 is 15.4 Å². The summed E-state index contributed by atoms with van der Waals surface area (Å²) >= 11 is 0. The second-order valence-corrected chi connectivity index (χ2v) is 4.77. The lowest BCUT2D eigenvalue weighted by molar-refractivity contribution is -0.134. The minimum Gasteiger partial charge on any atom is -0.466 e. The van der Waals surface area contributed by atoms with Gasteiger partial charge in [-0.3, -0.25) is 4.98 Å². The number of benzene rings is 1. The van der Waals surface area contributed by atoms with Crippen molar-refractivity contribution in [2.45, 2.75) is 6.54 Å².